The maximum atomic E-state index is 3.54. The minimum absolute atomic E-state index is 0.616. The fourth-order valence-electron chi connectivity index (χ4n) is 1.93. The number of benzene rings is 1. The Bertz CT molecular complexity index is 371. The molecular weight excluding hydrogens is 214 g/mol. The van der Waals surface area contributed by atoms with E-state index >= 15 is 0 Å². The van der Waals surface area contributed by atoms with E-state index in [-0.39, 0.29) is 0 Å². The second kappa shape index (κ2) is 4.70. The molecule has 0 spiro atoms. The molecule has 0 saturated heterocycles. The molecule has 1 unspecified atom stereocenters. The quantitative estimate of drug-likeness (QED) is 0.817. The molecule has 1 aromatic carbocycles. The highest BCUT2D eigenvalue weighted by atomic mass is 32.2. The Morgan fingerprint density at radius 3 is 2.62 bits per heavy atom. The van der Waals surface area contributed by atoms with Crippen molar-refractivity contribution in [2.45, 2.75) is 43.8 Å². The van der Waals surface area contributed by atoms with E-state index in [0.29, 0.717) is 11.2 Å². The molecule has 88 valence electrons. The number of hydrogen-bond donors (Lipinski definition) is 1. The largest absolute Gasteiger partial charge is 0.383 e. The molecule has 0 aliphatic carbocycles. The topological polar surface area (TPSA) is 12.0 Å². The van der Waals surface area contributed by atoms with Gasteiger partial charge in [-0.3, -0.25) is 0 Å². The van der Waals surface area contributed by atoms with Gasteiger partial charge in [-0.2, -0.15) is 0 Å². The first-order valence-electron chi connectivity index (χ1n) is 6.12. The summed E-state index contributed by atoms with van der Waals surface area (Å²) in [6.07, 6.45) is 0. The van der Waals surface area contributed by atoms with Gasteiger partial charge in [0.05, 0.1) is 0 Å². The molecule has 0 saturated carbocycles. The fraction of sp³-hybridized carbons (Fsp3) is 0.571. The molecule has 2 rings (SSSR count). The van der Waals surface area contributed by atoms with Crippen molar-refractivity contribution in [3.8, 4) is 0 Å². The third kappa shape index (κ3) is 2.37. The van der Waals surface area contributed by atoms with E-state index in [2.05, 4.69) is 51.2 Å². The van der Waals surface area contributed by atoms with Crippen LogP contribution in [0.1, 0.15) is 39.2 Å². The van der Waals surface area contributed by atoms with Gasteiger partial charge in [0.25, 0.3) is 0 Å². The molecule has 0 radical (unpaired) electrons. The molecule has 1 atom stereocenters. The highest BCUT2D eigenvalue weighted by Crippen LogP contribution is 2.39. The van der Waals surface area contributed by atoms with Crippen LogP contribution in [0.2, 0.25) is 0 Å². The molecule has 16 heavy (non-hydrogen) atoms. The normalized spacial score (nSPS) is 19.8. The molecule has 1 aliphatic heterocycles. The van der Waals surface area contributed by atoms with E-state index in [0.717, 1.165) is 12.5 Å². The van der Waals surface area contributed by atoms with E-state index in [1.807, 2.05) is 11.8 Å². The molecule has 2 heteroatoms. The van der Waals surface area contributed by atoms with E-state index in [1.54, 1.807) is 0 Å². The summed E-state index contributed by atoms with van der Waals surface area (Å²) in [5.41, 5.74) is 2.75. The van der Waals surface area contributed by atoms with Gasteiger partial charge in [0, 0.05) is 22.4 Å². The van der Waals surface area contributed by atoms with Gasteiger partial charge in [0.1, 0.15) is 0 Å². The van der Waals surface area contributed by atoms with Crippen LogP contribution >= 0.6 is 11.8 Å². The Labute approximate surface area is 103 Å². The van der Waals surface area contributed by atoms with Gasteiger partial charge in [-0.15, -0.1) is 11.8 Å². The summed E-state index contributed by atoms with van der Waals surface area (Å²) in [5, 5.41) is 4.24. The van der Waals surface area contributed by atoms with Crippen molar-refractivity contribution in [3.63, 3.8) is 0 Å². The summed E-state index contributed by atoms with van der Waals surface area (Å²) >= 11 is 2.03. The summed E-state index contributed by atoms with van der Waals surface area (Å²) in [4.78, 5) is 1.43. The molecule has 0 bridgehead atoms. The summed E-state index contributed by atoms with van der Waals surface area (Å²) in [7, 11) is 0. The number of nitrogens with one attached hydrogen (secondary N) is 1. The van der Waals surface area contributed by atoms with Crippen molar-refractivity contribution in [1.29, 1.82) is 0 Å². The summed E-state index contributed by atoms with van der Waals surface area (Å²) in [6, 6.07) is 6.83. The van der Waals surface area contributed by atoms with Gasteiger partial charge in [-0.25, -0.2) is 0 Å². The first-order valence-corrected chi connectivity index (χ1v) is 7.00. The standard InChI is InChI=1S/C14H21NS/c1-9(2)11-5-6-12-13(7-11)16-14(8-15-12)10(3)4/h5-7,9-10,14-15H,8H2,1-4H3. The van der Waals surface area contributed by atoms with E-state index in [4.69, 9.17) is 0 Å². The fourth-order valence-corrected chi connectivity index (χ4v) is 3.16. The van der Waals surface area contributed by atoms with Crippen LogP contribution in [0.3, 0.4) is 0 Å². The van der Waals surface area contributed by atoms with Crippen LogP contribution in [-0.2, 0) is 0 Å². The summed E-state index contributed by atoms with van der Waals surface area (Å²) in [6.45, 7) is 10.2. The zero-order chi connectivity index (χ0) is 11.7. The molecule has 0 fully saturated rings. The Hall–Kier alpha value is -0.630. The van der Waals surface area contributed by atoms with Gasteiger partial charge >= 0.3 is 0 Å². The van der Waals surface area contributed by atoms with Crippen LogP contribution in [0.25, 0.3) is 0 Å². The van der Waals surface area contributed by atoms with Crippen LogP contribution in [0.5, 0.6) is 0 Å². The highest BCUT2D eigenvalue weighted by molar-refractivity contribution is 8.00. The lowest BCUT2D eigenvalue weighted by molar-refractivity contribution is 0.620. The second-order valence-corrected chi connectivity index (χ2v) is 6.47. The van der Waals surface area contributed by atoms with Crippen LogP contribution < -0.4 is 5.32 Å². The van der Waals surface area contributed by atoms with Crippen molar-refractivity contribution in [2.75, 3.05) is 11.9 Å². The average molecular weight is 235 g/mol. The van der Waals surface area contributed by atoms with Gasteiger partial charge in [-0.1, -0.05) is 33.8 Å². The number of fused-ring (bicyclic) bond motifs is 1. The Kier molecular flexibility index (Phi) is 3.48. The lowest BCUT2D eigenvalue weighted by atomic mass is 10.0. The minimum Gasteiger partial charge on any atom is -0.383 e. The molecule has 1 N–H and O–H groups in total. The first-order chi connectivity index (χ1) is 7.58. The van der Waals surface area contributed by atoms with Crippen LogP contribution in [-0.4, -0.2) is 11.8 Å². The Morgan fingerprint density at radius 2 is 2.00 bits per heavy atom. The molecule has 1 aliphatic rings. The monoisotopic (exact) mass is 235 g/mol. The lowest BCUT2D eigenvalue weighted by Crippen LogP contribution is -2.25. The lowest BCUT2D eigenvalue weighted by Gasteiger charge is -2.28. The van der Waals surface area contributed by atoms with Crippen molar-refractivity contribution in [2.24, 2.45) is 5.92 Å². The maximum Gasteiger partial charge on any atom is 0.0479 e. The second-order valence-electron chi connectivity index (χ2n) is 5.19. The number of anilines is 1. The number of hydrogen-bond acceptors (Lipinski definition) is 2. The maximum absolute atomic E-state index is 3.54. The SMILES string of the molecule is CC(C)c1ccc2c(c1)SC(C(C)C)CN2. The minimum atomic E-state index is 0.616. The van der Waals surface area contributed by atoms with Crippen LogP contribution in [0, 0.1) is 5.92 Å². The van der Waals surface area contributed by atoms with E-state index in [1.165, 1.54) is 16.1 Å². The zero-order valence-corrected chi connectivity index (χ0v) is 11.4. The number of rotatable bonds is 2. The highest BCUT2D eigenvalue weighted by Gasteiger charge is 2.21. The summed E-state index contributed by atoms with van der Waals surface area (Å²) < 4.78 is 0. The predicted molar refractivity (Wildman–Crippen MR) is 73.5 cm³/mol. The third-order valence-electron chi connectivity index (χ3n) is 3.19. The van der Waals surface area contributed by atoms with Crippen molar-refractivity contribution >= 4 is 17.4 Å². The van der Waals surface area contributed by atoms with Crippen molar-refractivity contribution in [3.05, 3.63) is 23.8 Å². The molecular formula is C14H21NS. The van der Waals surface area contributed by atoms with Gasteiger partial charge in [0.2, 0.25) is 0 Å². The molecule has 1 aromatic rings. The first kappa shape index (κ1) is 11.8. The summed E-state index contributed by atoms with van der Waals surface area (Å²) in [5.74, 6) is 1.35. The average Bonchev–Trinajstić information content (AvgIpc) is 2.27. The van der Waals surface area contributed by atoms with Gasteiger partial charge in [0.15, 0.2) is 0 Å². The smallest absolute Gasteiger partial charge is 0.0479 e. The predicted octanol–water partition coefficient (Wildman–Crippen LogP) is 4.35. The van der Waals surface area contributed by atoms with Crippen molar-refractivity contribution < 1.29 is 0 Å². The zero-order valence-electron chi connectivity index (χ0n) is 10.6. The molecule has 0 aromatic heterocycles. The molecule has 1 nitrogen and oxygen atoms in total. The van der Waals surface area contributed by atoms with Gasteiger partial charge in [-0.05, 0) is 29.5 Å². The Balaban J connectivity index is 2.25. The van der Waals surface area contributed by atoms with Crippen LogP contribution in [0.4, 0.5) is 5.69 Å². The van der Waals surface area contributed by atoms with Gasteiger partial charge < -0.3 is 5.32 Å². The van der Waals surface area contributed by atoms with Crippen LogP contribution in [0.15, 0.2) is 23.1 Å². The number of thioether (sulfide) groups is 1. The molecule has 0 amide bonds. The van der Waals surface area contributed by atoms with Crippen molar-refractivity contribution in [1.82, 2.24) is 0 Å². The van der Waals surface area contributed by atoms with E-state index in [9.17, 15) is 0 Å². The Morgan fingerprint density at radius 1 is 1.25 bits per heavy atom. The molecule has 1 heterocycles. The third-order valence-corrected chi connectivity index (χ3v) is 4.79. The van der Waals surface area contributed by atoms with E-state index < -0.39 is 0 Å².